The third-order valence-electron chi connectivity index (χ3n) is 3.10. The molecule has 0 unspecified atom stereocenters. The van der Waals surface area contributed by atoms with E-state index in [-0.39, 0.29) is 5.56 Å². The van der Waals surface area contributed by atoms with Crippen molar-refractivity contribution in [3.8, 4) is 11.3 Å². The minimum absolute atomic E-state index is 0.255. The molecule has 0 bridgehead atoms. The maximum absolute atomic E-state index is 10.8. The van der Waals surface area contributed by atoms with Gasteiger partial charge in [-0.1, -0.05) is 35.3 Å². The van der Waals surface area contributed by atoms with Crippen LogP contribution in [0.2, 0.25) is 10.0 Å². The van der Waals surface area contributed by atoms with E-state index >= 15 is 0 Å². The largest absolute Gasteiger partial charge is 0.478 e. The van der Waals surface area contributed by atoms with Gasteiger partial charge in [0.05, 0.1) is 10.6 Å². The fraction of sp³-hybridized carbons (Fsp3) is 0. The van der Waals surface area contributed by atoms with E-state index in [1.54, 1.807) is 36.4 Å². The van der Waals surface area contributed by atoms with Crippen LogP contribution in [-0.4, -0.2) is 16.1 Å². The molecular formula is C15H9Cl2NO2. The van der Waals surface area contributed by atoms with Gasteiger partial charge in [0.25, 0.3) is 0 Å². The van der Waals surface area contributed by atoms with Crippen molar-refractivity contribution in [2.75, 3.05) is 0 Å². The quantitative estimate of drug-likeness (QED) is 0.711. The SMILES string of the molecule is O=C(O)c1ccc(-c2cc3c(Cl)cc(Cl)cc3[nH]2)cc1. The highest BCUT2D eigenvalue weighted by Crippen LogP contribution is 2.31. The zero-order valence-electron chi connectivity index (χ0n) is 10.2. The maximum atomic E-state index is 10.8. The van der Waals surface area contributed by atoms with Gasteiger partial charge in [0.2, 0.25) is 0 Å². The Labute approximate surface area is 124 Å². The number of carboxylic acids is 1. The lowest BCUT2D eigenvalue weighted by atomic mass is 10.1. The van der Waals surface area contributed by atoms with E-state index in [1.165, 1.54) is 0 Å². The molecule has 0 aliphatic heterocycles. The number of nitrogens with one attached hydrogen (secondary N) is 1. The first-order valence-electron chi connectivity index (χ1n) is 5.86. The minimum Gasteiger partial charge on any atom is -0.478 e. The van der Waals surface area contributed by atoms with E-state index in [1.807, 2.05) is 6.07 Å². The third kappa shape index (κ3) is 2.26. The number of aromatic nitrogens is 1. The zero-order chi connectivity index (χ0) is 14.3. The van der Waals surface area contributed by atoms with Crippen LogP contribution in [0.5, 0.6) is 0 Å². The van der Waals surface area contributed by atoms with Gasteiger partial charge in [0, 0.05) is 21.6 Å². The highest BCUT2D eigenvalue weighted by Gasteiger charge is 2.08. The van der Waals surface area contributed by atoms with Gasteiger partial charge in [-0.3, -0.25) is 0 Å². The Morgan fingerprint density at radius 1 is 1.05 bits per heavy atom. The van der Waals surface area contributed by atoms with Crippen LogP contribution in [-0.2, 0) is 0 Å². The molecule has 2 N–H and O–H groups in total. The maximum Gasteiger partial charge on any atom is 0.335 e. The number of fused-ring (bicyclic) bond motifs is 1. The van der Waals surface area contributed by atoms with Crippen molar-refractivity contribution in [1.29, 1.82) is 0 Å². The molecule has 0 spiro atoms. The molecular weight excluding hydrogens is 297 g/mol. The Bertz CT molecular complexity index is 807. The number of aromatic amines is 1. The van der Waals surface area contributed by atoms with Gasteiger partial charge in [0.1, 0.15) is 0 Å². The summed E-state index contributed by atoms with van der Waals surface area (Å²) in [6.45, 7) is 0. The van der Waals surface area contributed by atoms with Gasteiger partial charge in [-0.15, -0.1) is 0 Å². The van der Waals surface area contributed by atoms with Crippen molar-refractivity contribution < 1.29 is 9.90 Å². The Balaban J connectivity index is 2.10. The normalized spacial score (nSPS) is 10.9. The molecule has 3 nitrogen and oxygen atoms in total. The van der Waals surface area contributed by atoms with Crippen molar-refractivity contribution in [2.24, 2.45) is 0 Å². The summed E-state index contributed by atoms with van der Waals surface area (Å²) in [5, 5.41) is 10.9. The molecule has 0 saturated heterocycles. The fourth-order valence-corrected chi connectivity index (χ4v) is 2.66. The second-order valence-electron chi connectivity index (χ2n) is 4.41. The molecule has 0 fully saturated rings. The van der Waals surface area contributed by atoms with Gasteiger partial charge in [-0.25, -0.2) is 4.79 Å². The van der Waals surface area contributed by atoms with Crippen LogP contribution in [0.3, 0.4) is 0 Å². The molecule has 20 heavy (non-hydrogen) atoms. The van der Waals surface area contributed by atoms with Crippen molar-refractivity contribution >= 4 is 40.1 Å². The van der Waals surface area contributed by atoms with Crippen LogP contribution in [0.1, 0.15) is 10.4 Å². The number of carboxylic acid groups (broad SMARTS) is 1. The van der Waals surface area contributed by atoms with Gasteiger partial charge in [-0.2, -0.15) is 0 Å². The molecule has 0 amide bonds. The van der Waals surface area contributed by atoms with Crippen molar-refractivity contribution in [3.63, 3.8) is 0 Å². The molecule has 0 saturated carbocycles. The summed E-state index contributed by atoms with van der Waals surface area (Å²) in [6.07, 6.45) is 0. The molecule has 0 aliphatic rings. The molecule has 3 rings (SSSR count). The average Bonchev–Trinajstić information content (AvgIpc) is 2.83. The van der Waals surface area contributed by atoms with Crippen LogP contribution >= 0.6 is 23.2 Å². The molecule has 5 heteroatoms. The average molecular weight is 306 g/mol. The molecule has 0 aliphatic carbocycles. The second kappa shape index (κ2) is 4.85. The highest BCUT2D eigenvalue weighted by molar-refractivity contribution is 6.38. The summed E-state index contributed by atoms with van der Waals surface area (Å²) < 4.78 is 0. The van der Waals surface area contributed by atoms with Crippen molar-refractivity contribution in [1.82, 2.24) is 4.98 Å². The summed E-state index contributed by atoms with van der Waals surface area (Å²) in [6, 6.07) is 12.1. The van der Waals surface area contributed by atoms with E-state index in [0.717, 1.165) is 22.2 Å². The molecule has 100 valence electrons. The topological polar surface area (TPSA) is 53.1 Å². The molecule has 0 radical (unpaired) electrons. The summed E-state index contributed by atoms with van der Waals surface area (Å²) in [7, 11) is 0. The number of hydrogen-bond acceptors (Lipinski definition) is 1. The van der Waals surface area contributed by atoms with Gasteiger partial charge in [0.15, 0.2) is 0 Å². The first-order chi connectivity index (χ1) is 9.54. The van der Waals surface area contributed by atoms with Gasteiger partial charge < -0.3 is 10.1 Å². The Morgan fingerprint density at radius 2 is 1.75 bits per heavy atom. The standard InChI is InChI=1S/C15H9Cl2NO2/c16-10-5-12(17)11-7-13(18-14(11)6-10)8-1-3-9(4-2-8)15(19)20/h1-7,18H,(H,19,20). The molecule has 0 atom stereocenters. The number of rotatable bonds is 2. The predicted octanol–water partition coefficient (Wildman–Crippen LogP) is 4.84. The van der Waals surface area contributed by atoms with E-state index in [0.29, 0.717) is 10.0 Å². The van der Waals surface area contributed by atoms with Crippen LogP contribution < -0.4 is 0 Å². The van der Waals surface area contributed by atoms with Crippen LogP contribution in [0.4, 0.5) is 0 Å². The minimum atomic E-state index is -0.942. The lowest BCUT2D eigenvalue weighted by Crippen LogP contribution is -1.94. The fourth-order valence-electron chi connectivity index (χ4n) is 2.11. The molecule has 1 aromatic heterocycles. The summed E-state index contributed by atoms with van der Waals surface area (Å²) in [5.74, 6) is -0.942. The van der Waals surface area contributed by atoms with E-state index in [4.69, 9.17) is 28.3 Å². The van der Waals surface area contributed by atoms with E-state index in [9.17, 15) is 4.79 Å². The number of aromatic carboxylic acids is 1. The summed E-state index contributed by atoms with van der Waals surface area (Å²) >= 11 is 12.1. The molecule has 1 heterocycles. The summed E-state index contributed by atoms with van der Waals surface area (Å²) in [4.78, 5) is 14.1. The van der Waals surface area contributed by atoms with Crippen LogP contribution in [0.25, 0.3) is 22.2 Å². The van der Waals surface area contributed by atoms with Gasteiger partial charge in [-0.05, 0) is 35.9 Å². The number of H-pyrrole nitrogens is 1. The monoisotopic (exact) mass is 305 g/mol. The zero-order valence-corrected chi connectivity index (χ0v) is 11.7. The second-order valence-corrected chi connectivity index (χ2v) is 5.26. The Hall–Kier alpha value is -1.97. The predicted molar refractivity (Wildman–Crippen MR) is 80.7 cm³/mol. The van der Waals surface area contributed by atoms with E-state index < -0.39 is 5.97 Å². The number of hydrogen-bond donors (Lipinski definition) is 2. The smallest absolute Gasteiger partial charge is 0.335 e. The number of benzene rings is 2. The lowest BCUT2D eigenvalue weighted by molar-refractivity contribution is 0.0697. The van der Waals surface area contributed by atoms with Crippen LogP contribution in [0, 0.1) is 0 Å². The Kier molecular flexibility index (Phi) is 3.16. The Morgan fingerprint density at radius 3 is 2.40 bits per heavy atom. The first kappa shape index (κ1) is 13.0. The first-order valence-corrected chi connectivity index (χ1v) is 6.62. The van der Waals surface area contributed by atoms with Crippen molar-refractivity contribution in [3.05, 3.63) is 58.1 Å². The molecule has 2 aromatic carbocycles. The van der Waals surface area contributed by atoms with Gasteiger partial charge >= 0.3 is 5.97 Å². The van der Waals surface area contributed by atoms with Crippen molar-refractivity contribution in [2.45, 2.75) is 0 Å². The number of carbonyl (C=O) groups is 1. The van der Waals surface area contributed by atoms with E-state index in [2.05, 4.69) is 4.98 Å². The third-order valence-corrected chi connectivity index (χ3v) is 3.63. The lowest BCUT2D eigenvalue weighted by Gasteiger charge is -1.98. The highest BCUT2D eigenvalue weighted by atomic mass is 35.5. The molecule has 3 aromatic rings. The number of halogens is 2. The summed E-state index contributed by atoms with van der Waals surface area (Å²) in [5.41, 5.74) is 2.85. The van der Waals surface area contributed by atoms with Crippen LogP contribution in [0.15, 0.2) is 42.5 Å².